The lowest BCUT2D eigenvalue weighted by atomic mass is 9.80. The molecule has 0 atom stereocenters. The molecule has 204 valence electrons. The Balaban J connectivity index is 1.19. The number of hydrogen-bond acceptors (Lipinski definition) is 2. The van der Waals surface area contributed by atoms with Gasteiger partial charge < -0.3 is 9.73 Å². The molecule has 0 unspecified atom stereocenters. The molecule has 0 aliphatic heterocycles. The summed E-state index contributed by atoms with van der Waals surface area (Å²) in [5.74, 6) is 0. The van der Waals surface area contributed by atoms with Crippen molar-refractivity contribution in [2.24, 2.45) is 0 Å². The molecule has 9 rings (SSSR count). The van der Waals surface area contributed by atoms with Crippen LogP contribution in [0.25, 0.3) is 65.7 Å². The van der Waals surface area contributed by atoms with Gasteiger partial charge in [-0.2, -0.15) is 0 Å². The van der Waals surface area contributed by atoms with Gasteiger partial charge in [0.1, 0.15) is 11.2 Å². The van der Waals surface area contributed by atoms with E-state index >= 15 is 0 Å². The molecule has 43 heavy (non-hydrogen) atoms. The van der Waals surface area contributed by atoms with Crippen LogP contribution in [0.2, 0.25) is 0 Å². The normalized spacial score (nSPS) is 13.5. The summed E-state index contributed by atoms with van der Waals surface area (Å²) in [6.45, 7) is 4.71. The lowest BCUT2D eigenvalue weighted by Crippen LogP contribution is -2.15. The Hall–Kier alpha value is -5.34. The summed E-state index contributed by atoms with van der Waals surface area (Å²) in [6, 6.07) is 48.1. The van der Waals surface area contributed by atoms with Gasteiger partial charge >= 0.3 is 0 Å². The topological polar surface area (TPSA) is 25.2 Å². The number of fused-ring (bicyclic) bond motifs is 10. The van der Waals surface area contributed by atoms with Crippen LogP contribution in [0.3, 0.4) is 0 Å². The molecule has 0 bridgehead atoms. The summed E-state index contributed by atoms with van der Waals surface area (Å²) >= 11 is 0. The lowest BCUT2D eigenvalue weighted by Gasteiger charge is -2.23. The van der Waals surface area contributed by atoms with Gasteiger partial charge in [-0.15, -0.1) is 0 Å². The smallest absolute Gasteiger partial charge is 0.143 e. The molecule has 1 aliphatic carbocycles. The molecule has 0 amide bonds. The fourth-order valence-corrected chi connectivity index (χ4v) is 7.28. The average Bonchev–Trinajstić information content (AvgIpc) is 3.53. The van der Waals surface area contributed by atoms with Gasteiger partial charge in [0.15, 0.2) is 0 Å². The number of benzene rings is 7. The molecule has 2 nitrogen and oxygen atoms in total. The van der Waals surface area contributed by atoms with Crippen LogP contribution in [0, 0.1) is 0 Å². The summed E-state index contributed by atoms with van der Waals surface area (Å²) in [5.41, 5.74) is 11.8. The fraction of sp³-hybridized carbons (Fsp3) is 0.0732. The molecule has 1 heterocycles. The van der Waals surface area contributed by atoms with Crippen molar-refractivity contribution in [2.75, 3.05) is 5.32 Å². The van der Waals surface area contributed by atoms with Crippen LogP contribution >= 0.6 is 0 Å². The van der Waals surface area contributed by atoms with E-state index < -0.39 is 0 Å². The number of rotatable bonds is 3. The van der Waals surface area contributed by atoms with E-state index in [1.165, 1.54) is 49.5 Å². The van der Waals surface area contributed by atoms with Crippen LogP contribution in [0.5, 0.6) is 0 Å². The maximum absolute atomic E-state index is 6.35. The molecule has 1 N–H and O–H groups in total. The molecular weight excluding hydrogens is 522 g/mol. The lowest BCUT2D eigenvalue weighted by molar-refractivity contribution is 0.661. The summed E-state index contributed by atoms with van der Waals surface area (Å²) in [7, 11) is 0. The molecule has 0 saturated heterocycles. The third kappa shape index (κ3) is 3.53. The standard InChI is InChI=1S/C41H29NO/c1-41(2)36-21-19-28(42-27-18-16-26-17-20-32-30-13-8-9-15-38(30)43-40(32)34(26)22-27)23-35(36)39-31-14-7-6-12-29(31)33(24-37(39)41)25-10-4-3-5-11-25/h3-24,42H,1-2H3. The number of anilines is 2. The van der Waals surface area contributed by atoms with Gasteiger partial charge in [-0.1, -0.05) is 105 Å². The maximum atomic E-state index is 6.35. The summed E-state index contributed by atoms with van der Waals surface area (Å²) in [4.78, 5) is 0. The molecule has 0 saturated carbocycles. The summed E-state index contributed by atoms with van der Waals surface area (Å²) in [5, 5.41) is 10.9. The van der Waals surface area contributed by atoms with Crippen LogP contribution in [0.15, 0.2) is 138 Å². The van der Waals surface area contributed by atoms with Crippen molar-refractivity contribution in [1.82, 2.24) is 0 Å². The van der Waals surface area contributed by atoms with E-state index in [-0.39, 0.29) is 5.41 Å². The minimum atomic E-state index is -0.105. The van der Waals surface area contributed by atoms with Crippen molar-refractivity contribution in [3.8, 4) is 22.3 Å². The number of nitrogens with one attached hydrogen (secondary N) is 1. The second-order valence-electron chi connectivity index (χ2n) is 12.2. The molecule has 8 aromatic rings. The van der Waals surface area contributed by atoms with Crippen LogP contribution in [0.1, 0.15) is 25.0 Å². The van der Waals surface area contributed by atoms with E-state index in [9.17, 15) is 0 Å². The van der Waals surface area contributed by atoms with Gasteiger partial charge in [0.25, 0.3) is 0 Å². The molecule has 7 aromatic carbocycles. The van der Waals surface area contributed by atoms with Crippen molar-refractivity contribution in [2.45, 2.75) is 19.3 Å². The highest BCUT2D eigenvalue weighted by Crippen LogP contribution is 2.53. The Morgan fingerprint density at radius 1 is 0.512 bits per heavy atom. The van der Waals surface area contributed by atoms with E-state index in [1.807, 2.05) is 12.1 Å². The van der Waals surface area contributed by atoms with E-state index in [2.05, 4.69) is 140 Å². The average molecular weight is 552 g/mol. The Morgan fingerprint density at radius 3 is 2.07 bits per heavy atom. The van der Waals surface area contributed by atoms with Crippen molar-refractivity contribution >= 4 is 54.9 Å². The molecule has 1 aliphatic rings. The van der Waals surface area contributed by atoms with Crippen molar-refractivity contribution in [1.29, 1.82) is 0 Å². The first kappa shape index (κ1) is 24.3. The van der Waals surface area contributed by atoms with Gasteiger partial charge in [-0.25, -0.2) is 0 Å². The highest BCUT2D eigenvalue weighted by molar-refractivity contribution is 6.15. The Morgan fingerprint density at radius 2 is 1.21 bits per heavy atom. The van der Waals surface area contributed by atoms with E-state index in [1.54, 1.807) is 0 Å². The molecular formula is C41H29NO. The minimum absolute atomic E-state index is 0.105. The van der Waals surface area contributed by atoms with Gasteiger partial charge in [-0.3, -0.25) is 0 Å². The molecule has 0 radical (unpaired) electrons. The highest BCUT2D eigenvalue weighted by atomic mass is 16.3. The first-order valence-electron chi connectivity index (χ1n) is 14.9. The van der Waals surface area contributed by atoms with Crippen LogP contribution in [-0.4, -0.2) is 0 Å². The van der Waals surface area contributed by atoms with Gasteiger partial charge in [-0.05, 0) is 92.0 Å². The first-order chi connectivity index (χ1) is 21.1. The van der Waals surface area contributed by atoms with Gasteiger partial charge in [0, 0.05) is 32.9 Å². The third-order valence-corrected chi connectivity index (χ3v) is 9.42. The maximum Gasteiger partial charge on any atom is 0.143 e. The second-order valence-corrected chi connectivity index (χ2v) is 12.2. The first-order valence-corrected chi connectivity index (χ1v) is 14.9. The summed E-state index contributed by atoms with van der Waals surface area (Å²) < 4.78 is 6.35. The predicted octanol–water partition coefficient (Wildman–Crippen LogP) is 11.6. The Kier molecular flexibility index (Phi) is 4.99. The molecule has 2 heteroatoms. The minimum Gasteiger partial charge on any atom is -0.455 e. The SMILES string of the molecule is CC1(C)c2ccc(Nc3ccc4ccc5c6ccccc6oc5c4c3)cc2-c2c1cc(-c1ccccc1)c1ccccc21. The number of hydrogen-bond donors (Lipinski definition) is 1. The quantitative estimate of drug-likeness (QED) is 0.236. The zero-order valence-corrected chi connectivity index (χ0v) is 24.1. The highest BCUT2D eigenvalue weighted by Gasteiger charge is 2.37. The van der Waals surface area contributed by atoms with Crippen molar-refractivity contribution in [3.05, 3.63) is 145 Å². The Bertz CT molecular complexity index is 2390. The van der Waals surface area contributed by atoms with E-state index in [4.69, 9.17) is 4.42 Å². The molecule has 1 aromatic heterocycles. The Labute approximate surface area is 250 Å². The third-order valence-electron chi connectivity index (χ3n) is 9.42. The summed E-state index contributed by atoms with van der Waals surface area (Å²) in [6.07, 6.45) is 0. The van der Waals surface area contributed by atoms with Crippen molar-refractivity contribution < 1.29 is 4.42 Å². The molecule has 0 spiro atoms. The number of furan rings is 1. The van der Waals surface area contributed by atoms with E-state index in [0.717, 1.165) is 38.7 Å². The monoisotopic (exact) mass is 551 g/mol. The molecule has 0 fully saturated rings. The van der Waals surface area contributed by atoms with Crippen LogP contribution in [0.4, 0.5) is 11.4 Å². The van der Waals surface area contributed by atoms with Crippen LogP contribution in [-0.2, 0) is 5.41 Å². The van der Waals surface area contributed by atoms with Gasteiger partial charge in [0.05, 0.1) is 0 Å². The zero-order valence-electron chi connectivity index (χ0n) is 24.1. The fourth-order valence-electron chi connectivity index (χ4n) is 7.28. The van der Waals surface area contributed by atoms with Gasteiger partial charge in [0.2, 0.25) is 0 Å². The largest absolute Gasteiger partial charge is 0.455 e. The second kappa shape index (κ2) is 8.83. The van der Waals surface area contributed by atoms with Crippen molar-refractivity contribution in [3.63, 3.8) is 0 Å². The number of para-hydroxylation sites is 1. The predicted molar refractivity (Wildman–Crippen MR) is 181 cm³/mol. The van der Waals surface area contributed by atoms with E-state index in [0.29, 0.717) is 0 Å². The van der Waals surface area contributed by atoms with Crippen LogP contribution < -0.4 is 5.32 Å². The zero-order chi connectivity index (χ0) is 28.7.